The van der Waals surface area contributed by atoms with Crippen molar-refractivity contribution < 1.29 is 4.39 Å². The average Bonchev–Trinajstić information content (AvgIpc) is 3.46. The maximum atomic E-state index is 12.6. The van der Waals surface area contributed by atoms with Gasteiger partial charge in [-0.05, 0) is 49.1 Å². The Hall–Kier alpha value is -1.95. The molecule has 0 aromatic carbocycles. The van der Waals surface area contributed by atoms with E-state index in [4.69, 9.17) is 10.7 Å². The molecule has 0 amide bonds. The monoisotopic (exact) mass is 355 g/mol. The van der Waals surface area contributed by atoms with Crippen molar-refractivity contribution in [2.24, 2.45) is 17.8 Å². The van der Waals surface area contributed by atoms with Crippen LogP contribution in [0.4, 0.5) is 10.2 Å². The van der Waals surface area contributed by atoms with Crippen LogP contribution in [0.25, 0.3) is 11.3 Å². The number of hydrogen-bond donors (Lipinski definition) is 1. The molecule has 0 unspecified atom stereocenters. The molecule has 5 nitrogen and oxygen atoms in total. The van der Waals surface area contributed by atoms with E-state index in [9.17, 15) is 4.39 Å². The lowest BCUT2D eigenvalue weighted by atomic mass is 10.1. The molecule has 3 fully saturated rings. The minimum Gasteiger partial charge on any atom is -0.383 e. The molecule has 2 aliphatic carbocycles. The number of imidazole rings is 1. The molecule has 1 aliphatic heterocycles. The summed E-state index contributed by atoms with van der Waals surface area (Å²) in [5.41, 5.74) is 8.90. The lowest BCUT2D eigenvalue weighted by Gasteiger charge is -2.18. The molecule has 2 N–H and O–H groups in total. The number of hydrogen-bond acceptors (Lipinski definition) is 4. The molecule has 3 atom stereocenters. The molecule has 26 heavy (non-hydrogen) atoms. The summed E-state index contributed by atoms with van der Waals surface area (Å²) in [6.45, 7) is 4.38. The molecule has 3 heterocycles. The van der Waals surface area contributed by atoms with Crippen LogP contribution in [0.15, 0.2) is 18.5 Å². The van der Waals surface area contributed by atoms with Crippen molar-refractivity contribution in [2.75, 3.05) is 32.0 Å². The van der Waals surface area contributed by atoms with Gasteiger partial charge in [-0.2, -0.15) is 0 Å². The lowest BCUT2D eigenvalue weighted by Crippen LogP contribution is -2.27. The number of alkyl halides is 1. The fraction of sp³-hybridized carbons (Fsp3) is 0.600. The molecule has 1 saturated heterocycles. The van der Waals surface area contributed by atoms with Crippen molar-refractivity contribution in [2.45, 2.75) is 32.2 Å². The average molecular weight is 355 g/mol. The first kappa shape index (κ1) is 16.2. The van der Waals surface area contributed by atoms with E-state index in [0.29, 0.717) is 30.2 Å². The number of rotatable bonds is 6. The number of halogens is 1. The van der Waals surface area contributed by atoms with Gasteiger partial charge in [0.15, 0.2) is 0 Å². The largest absolute Gasteiger partial charge is 0.383 e. The normalized spacial score (nSPS) is 27.7. The van der Waals surface area contributed by atoms with E-state index < -0.39 is 0 Å². The predicted molar refractivity (Wildman–Crippen MR) is 99.5 cm³/mol. The van der Waals surface area contributed by atoms with Crippen molar-refractivity contribution in [3.8, 4) is 11.3 Å². The van der Waals surface area contributed by atoms with Crippen LogP contribution in [0.3, 0.4) is 0 Å². The molecule has 5 rings (SSSR count). The summed E-state index contributed by atoms with van der Waals surface area (Å²) in [7, 11) is 0. The minimum atomic E-state index is -0.240. The number of likely N-dealkylation sites (tertiary alicyclic amines) is 1. The van der Waals surface area contributed by atoms with Gasteiger partial charge < -0.3 is 15.2 Å². The Morgan fingerprint density at radius 1 is 1.27 bits per heavy atom. The van der Waals surface area contributed by atoms with E-state index in [-0.39, 0.29) is 6.67 Å². The summed E-state index contributed by atoms with van der Waals surface area (Å²) in [6.07, 6.45) is 7.77. The van der Waals surface area contributed by atoms with Gasteiger partial charge in [-0.25, -0.2) is 14.4 Å². The van der Waals surface area contributed by atoms with Crippen LogP contribution in [0.5, 0.6) is 0 Å². The first-order chi connectivity index (χ1) is 12.6. The number of nitrogens with zero attached hydrogens (tertiary/aromatic N) is 4. The van der Waals surface area contributed by atoms with Crippen LogP contribution >= 0.6 is 0 Å². The highest BCUT2D eigenvalue weighted by Gasteiger charge is 2.57. The molecule has 2 saturated carbocycles. The van der Waals surface area contributed by atoms with E-state index in [1.165, 1.54) is 18.7 Å². The molecule has 3 aliphatic rings. The number of anilines is 1. The van der Waals surface area contributed by atoms with Gasteiger partial charge in [0.25, 0.3) is 0 Å². The highest BCUT2D eigenvalue weighted by Crippen LogP contribution is 2.56. The topological polar surface area (TPSA) is 60.0 Å². The number of pyridine rings is 1. The quantitative estimate of drug-likeness (QED) is 0.866. The molecule has 0 spiro atoms. The third-order valence-electron chi connectivity index (χ3n) is 6.34. The number of nitrogen functional groups attached to an aromatic ring is 1. The van der Waals surface area contributed by atoms with E-state index >= 15 is 0 Å². The van der Waals surface area contributed by atoms with Crippen LogP contribution in [-0.4, -0.2) is 45.7 Å². The smallest absolute Gasteiger partial charge is 0.126 e. The van der Waals surface area contributed by atoms with E-state index in [1.807, 2.05) is 13.1 Å². The Morgan fingerprint density at radius 3 is 2.69 bits per heavy atom. The second-order valence-corrected chi connectivity index (χ2v) is 8.29. The van der Waals surface area contributed by atoms with Crippen molar-refractivity contribution >= 4 is 5.82 Å². The fourth-order valence-corrected chi connectivity index (χ4v) is 4.58. The predicted octanol–water partition coefficient (Wildman–Crippen LogP) is 2.86. The molecule has 0 bridgehead atoms. The number of aryl methyl sites for hydroxylation is 1. The summed E-state index contributed by atoms with van der Waals surface area (Å²) in [6, 6.07) is 2.62. The van der Waals surface area contributed by atoms with Gasteiger partial charge in [-0.15, -0.1) is 0 Å². The van der Waals surface area contributed by atoms with Crippen LogP contribution in [0.2, 0.25) is 0 Å². The maximum absolute atomic E-state index is 12.6. The summed E-state index contributed by atoms with van der Waals surface area (Å²) in [5.74, 6) is 3.92. The highest BCUT2D eigenvalue weighted by atomic mass is 19.1. The van der Waals surface area contributed by atoms with Crippen molar-refractivity contribution in [1.29, 1.82) is 0 Å². The maximum Gasteiger partial charge on any atom is 0.126 e. The zero-order valence-corrected chi connectivity index (χ0v) is 15.2. The summed E-state index contributed by atoms with van der Waals surface area (Å²) in [4.78, 5) is 11.5. The standard InChI is InChI=1S/C20H26FN5/c1-12-6-14(8-23-20(12)22)17-11-26(18(24-17)7-13-2-3-13)19-15-9-25(5-4-21)10-16(15)19/h6,8,11,13,15-16,19H,2-5,7,9-10H2,1H3,(H2,22,23)/t15-,16+,19+. The third-order valence-corrected chi connectivity index (χ3v) is 6.34. The van der Waals surface area contributed by atoms with Crippen LogP contribution in [0.1, 0.15) is 30.3 Å². The van der Waals surface area contributed by atoms with Gasteiger partial charge in [0.05, 0.1) is 5.69 Å². The number of aromatic nitrogens is 3. The van der Waals surface area contributed by atoms with Gasteiger partial charge in [0, 0.05) is 50.1 Å². The Balaban J connectivity index is 1.42. The Bertz CT molecular complexity index is 816. The number of nitrogens with two attached hydrogens (primary N) is 1. The van der Waals surface area contributed by atoms with Gasteiger partial charge in [0.2, 0.25) is 0 Å². The number of fused-ring (bicyclic) bond motifs is 1. The Morgan fingerprint density at radius 2 is 2.04 bits per heavy atom. The van der Waals surface area contributed by atoms with E-state index in [0.717, 1.165) is 42.2 Å². The second kappa shape index (κ2) is 6.05. The zero-order chi connectivity index (χ0) is 17.8. The second-order valence-electron chi connectivity index (χ2n) is 8.29. The molecular weight excluding hydrogens is 329 g/mol. The lowest BCUT2D eigenvalue weighted by molar-refractivity contribution is 0.257. The van der Waals surface area contributed by atoms with Crippen molar-refractivity contribution in [1.82, 2.24) is 19.4 Å². The summed E-state index contributed by atoms with van der Waals surface area (Å²) < 4.78 is 15.0. The highest BCUT2D eigenvalue weighted by molar-refractivity contribution is 5.61. The van der Waals surface area contributed by atoms with Crippen molar-refractivity contribution in [3.05, 3.63) is 29.8 Å². The van der Waals surface area contributed by atoms with Crippen molar-refractivity contribution in [3.63, 3.8) is 0 Å². The van der Waals surface area contributed by atoms with E-state index in [2.05, 4.69) is 26.7 Å². The molecule has 0 radical (unpaired) electrons. The van der Waals surface area contributed by atoms with Crippen LogP contribution in [-0.2, 0) is 6.42 Å². The SMILES string of the molecule is Cc1cc(-c2cn([C@H]3[C@@H]4CN(CCF)C[C@@H]43)c(CC3CC3)n2)cnc1N. The van der Waals surface area contributed by atoms with Gasteiger partial charge in [-0.3, -0.25) is 0 Å². The van der Waals surface area contributed by atoms with Crippen LogP contribution < -0.4 is 5.73 Å². The third kappa shape index (κ3) is 2.80. The number of piperidine rings is 1. The zero-order valence-electron chi connectivity index (χ0n) is 15.2. The Kier molecular flexibility index (Phi) is 3.78. The molecule has 2 aromatic heterocycles. The molecular formula is C20H26FN5. The minimum absolute atomic E-state index is 0.240. The van der Waals surface area contributed by atoms with Gasteiger partial charge in [-0.1, -0.05) is 0 Å². The first-order valence-electron chi connectivity index (χ1n) is 9.72. The van der Waals surface area contributed by atoms with Crippen LogP contribution in [0, 0.1) is 24.7 Å². The van der Waals surface area contributed by atoms with Gasteiger partial charge in [0.1, 0.15) is 18.3 Å². The fourth-order valence-electron chi connectivity index (χ4n) is 4.58. The summed E-state index contributed by atoms with van der Waals surface area (Å²) >= 11 is 0. The summed E-state index contributed by atoms with van der Waals surface area (Å²) in [5, 5.41) is 0. The van der Waals surface area contributed by atoms with E-state index in [1.54, 1.807) is 0 Å². The molecule has 138 valence electrons. The first-order valence-corrected chi connectivity index (χ1v) is 9.72. The Labute approximate surface area is 153 Å². The van der Waals surface area contributed by atoms with Gasteiger partial charge >= 0.3 is 0 Å². The molecule has 6 heteroatoms. The molecule has 2 aromatic rings.